The number of hydrogen-bond acceptors (Lipinski definition) is 1. The van der Waals surface area contributed by atoms with Crippen molar-refractivity contribution in [2.24, 2.45) is 4.99 Å². The fraction of sp³-hybridized carbons (Fsp3) is 0.286. The molecule has 118 valence electrons. The molecule has 0 fully saturated rings. The van der Waals surface area contributed by atoms with E-state index in [1.54, 1.807) is 0 Å². The van der Waals surface area contributed by atoms with Gasteiger partial charge in [0.1, 0.15) is 0 Å². The summed E-state index contributed by atoms with van der Waals surface area (Å²) in [4.78, 5) is 4.67. The first-order valence-corrected chi connectivity index (χ1v) is 8.57. The van der Waals surface area contributed by atoms with E-state index in [4.69, 9.17) is 11.6 Å². The van der Waals surface area contributed by atoms with Gasteiger partial charge in [0.05, 0.1) is 0 Å². The monoisotopic (exact) mass is 323 g/mol. The minimum Gasteiger partial charge on any atom is -0.289 e. The Labute approximate surface area is 143 Å². The first-order chi connectivity index (χ1) is 11.1. The summed E-state index contributed by atoms with van der Waals surface area (Å²) in [7, 11) is 0. The minimum atomic E-state index is 0.836. The van der Waals surface area contributed by atoms with E-state index in [1.807, 2.05) is 6.08 Å². The summed E-state index contributed by atoms with van der Waals surface area (Å²) in [6.07, 6.45) is 6.02. The predicted octanol–water partition coefficient (Wildman–Crippen LogP) is 6.28. The van der Waals surface area contributed by atoms with Crippen LogP contribution < -0.4 is 0 Å². The van der Waals surface area contributed by atoms with Gasteiger partial charge in [-0.3, -0.25) is 4.99 Å². The summed E-state index contributed by atoms with van der Waals surface area (Å²) in [6, 6.07) is 11.2. The van der Waals surface area contributed by atoms with Gasteiger partial charge in [-0.1, -0.05) is 42.8 Å². The van der Waals surface area contributed by atoms with Crippen molar-refractivity contribution in [2.75, 3.05) is 6.54 Å². The lowest BCUT2D eigenvalue weighted by Gasteiger charge is -2.10. The molecule has 0 atom stereocenters. The van der Waals surface area contributed by atoms with Crippen LogP contribution in [0.15, 0.2) is 52.5 Å². The van der Waals surface area contributed by atoms with Crippen LogP contribution in [0.4, 0.5) is 0 Å². The van der Waals surface area contributed by atoms with E-state index >= 15 is 0 Å². The van der Waals surface area contributed by atoms with Gasteiger partial charge in [0.25, 0.3) is 0 Å². The molecule has 1 aliphatic rings. The second-order valence-electron chi connectivity index (χ2n) is 6.18. The molecule has 0 spiro atoms. The number of hydrogen-bond donors (Lipinski definition) is 0. The van der Waals surface area contributed by atoms with Crippen LogP contribution in [0.5, 0.6) is 0 Å². The van der Waals surface area contributed by atoms with E-state index in [2.05, 4.69) is 62.2 Å². The van der Waals surface area contributed by atoms with E-state index in [9.17, 15) is 0 Å². The molecule has 2 heteroatoms. The first kappa shape index (κ1) is 16.0. The maximum absolute atomic E-state index is 6.10. The summed E-state index contributed by atoms with van der Waals surface area (Å²) in [5.41, 5.74) is 6.20. The van der Waals surface area contributed by atoms with Gasteiger partial charge in [0, 0.05) is 23.7 Å². The van der Waals surface area contributed by atoms with E-state index < -0.39 is 0 Å². The lowest BCUT2D eigenvalue weighted by molar-refractivity contribution is 0.931. The summed E-state index contributed by atoms with van der Waals surface area (Å²) in [5, 5.41) is 3.45. The molecule has 0 heterocycles. The Balaban J connectivity index is 2.03. The molecule has 0 bridgehead atoms. The first-order valence-electron chi connectivity index (χ1n) is 8.20. The molecular formula is C21H22ClN. The van der Waals surface area contributed by atoms with E-state index in [-0.39, 0.29) is 0 Å². The van der Waals surface area contributed by atoms with E-state index in [0.29, 0.717) is 0 Å². The van der Waals surface area contributed by atoms with Crippen LogP contribution in [0.25, 0.3) is 16.3 Å². The molecule has 3 rings (SSSR count). The van der Waals surface area contributed by atoms with Gasteiger partial charge < -0.3 is 0 Å². The second-order valence-corrected chi connectivity index (χ2v) is 6.66. The van der Waals surface area contributed by atoms with Crippen molar-refractivity contribution in [2.45, 2.75) is 33.6 Å². The van der Waals surface area contributed by atoms with Gasteiger partial charge in [-0.2, -0.15) is 0 Å². The molecule has 0 saturated carbocycles. The van der Waals surface area contributed by atoms with Gasteiger partial charge in [-0.15, -0.1) is 0 Å². The fourth-order valence-corrected chi connectivity index (χ4v) is 3.26. The summed E-state index contributed by atoms with van der Waals surface area (Å²) >= 11 is 6.10. The molecule has 2 aromatic rings. The summed E-state index contributed by atoms with van der Waals surface area (Å²) in [5.74, 6) is 0. The third-order valence-corrected chi connectivity index (χ3v) is 4.60. The molecule has 0 saturated heterocycles. The van der Waals surface area contributed by atoms with Crippen LogP contribution in [-0.4, -0.2) is 12.3 Å². The number of aliphatic imine (C=N–C) groups is 1. The second kappa shape index (κ2) is 6.72. The molecular weight excluding hydrogens is 302 g/mol. The van der Waals surface area contributed by atoms with E-state index in [0.717, 1.165) is 30.1 Å². The van der Waals surface area contributed by atoms with Crippen molar-refractivity contribution >= 4 is 33.7 Å². The fourth-order valence-electron chi connectivity index (χ4n) is 3.05. The van der Waals surface area contributed by atoms with Crippen LogP contribution in [0.3, 0.4) is 0 Å². The largest absolute Gasteiger partial charge is 0.289 e. The Bertz CT molecular complexity index is 840. The quantitative estimate of drug-likeness (QED) is 0.587. The van der Waals surface area contributed by atoms with E-state index in [1.165, 1.54) is 33.0 Å². The maximum Gasteiger partial charge on any atom is 0.0392 e. The normalized spacial score (nSPS) is 15.0. The molecule has 0 aromatic heterocycles. The molecule has 0 unspecified atom stereocenters. The number of fused-ring (bicyclic) bond motifs is 1. The van der Waals surface area contributed by atoms with Gasteiger partial charge in [0.15, 0.2) is 0 Å². The van der Waals surface area contributed by atoms with Gasteiger partial charge in [0.2, 0.25) is 0 Å². The van der Waals surface area contributed by atoms with Crippen molar-refractivity contribution in [3.8, 4) is 0 Å². The number of benzene rings is 2. The summed E-state index contributed by atoms with van der Waals surface area (Å²) in [6.45, 7) is 7.32. The SMILES string of the molecule is CCCN=C(C)c1cc2cc(C3=CC=C(Cl)C3)ccc2cc1C. The van der Waals surface area contributed by atoms with Crippen LogP contribution in [0.2, 0.25) is 0 Å². The number of rotatable bonds is 4. The van der Waals surface area contributed by atoms with Gasteiger partial charge >= 0.3 is 0 Å². The highest BCUT2D eigenvalue weighted by Gasteiger charge is 2.10. The minimum absolute atomic E-state index is 0.836. The molecule has 23 heavy (non-hydrogen) atoms. The highest BCUT2D eigenvalue weighted by Crippen LogP contribution is 2.32. The third-order valence-electron chi connectivity index (χ3n) is 4.34. The van der Waals surface area contributed by atoms with Crippen molar-refractivity contribution in [1.82, 2.24) is 0 Å². The average molecular weight is 324 g/mol. The lowest BCUT2D eigenvalue weighted by Crippen LogP contribution is -2.00. The van der Waals surface area contributed by atoms with Crippen molar-refractivity contribution in [1.29, 1.82) is 0 Å². The smallest absolute Gasteiger partial charge is 0.0392 e. The molecule has 1 aliphatic carbocycles. The van der Waals surface area contributed by atoms with Crippen molar-refractivity contribution in [3.05, 3.63) is 64.2 Å². The Kier molecular flexibility index (Phi) is 4.68. The average Bonchev–Trinajstić information content (AvgIpc) is 2.98. The molecule has 2 aromatic carbocycles. The molecule has 0 N–H and O–H groups in total. The van der Waals surface area contributed by atoms with Gasteiger partial charge in [-0.25, -0.2) is 0 Å². The molecule has 0 radical (unpaired) electrons. The number of aryl methyl sites for hydroxylation is 1. The predicted molar refractivity (Wildman–Crippen MR) is 103 cm³/mol. The topological polar surface area (TPSA) is 12.4 Å². The molecule has 1 nitrogen and oxygen atoms in total. The highest BCUT2D eigenvalue weighted by molar-refractivity contribution is 6.31. The van der Waals surface area contributed by atoms with Crippen LogP contribution >= 0.6 is 11.6 Å². The van der Waals surface area contributed by atoms with Crippen LogP contribution in [0, 0.1) is 6.92 Å². The Hall–Kier alpha value is -1.86. The van der Waals surface area contributed by atoms with Crippen LogP contribution in [0.1, 0.15) is 43.4 Å². The Morgan fingerprint density at radius 1 is 1.13 bits per heavy atom. The van der Waals surface area contributed by atoms with Gasteiger partial charge in [-0.05, 0) is 71.5 Å². The van der Waals surface area contributed by atoms with Crippen molar-refractivity contribution < 1.29 is 0 Å². The number of allylic oxidation sites excluding steroid dienone is 4. The molecule has 0 aliphatic heterocycles. The third kappa shape index (κ3) is 3.40. The zero-order valence-electron chi connectivity index (χ0n) is 14.0. The molecule has 0 amide bonds. The van der Waals surface area contributed by atoms with Crippen molar-refractivity contribution in [3.63, 3.8) is 0 Å². The number of halogens is 1. The summed E-state index contributed by atoms with van der Waals surface area (Å²) < 4.78 is 0. The zero-order chi connectivity index (χ0) is 16.4. The lowest BCUT2D eigenvalue weighted by atomic mass is 9.95. The zero-order valence-corrected chi connectivity index (χ0v) is 14.7. The Morgan fingerprint density at radius 2 is 1.96 bits per heavy atom. The Morgan fingerprint density at radius 3 is 2.65 bits per heavy atom. The maximum atomic E-state index is 6.10. The standard InChI is InChI=1S/C21H22ClN/c1-4-9-23-15(3)21-13-19-11-17(18-7-8-20(22)12-18)6-5-16(19)10-14(21)2/h5-8,10-11,13H,4,9,12H2,1-3H3. The highest BCUT2D eigenvalue weighted by atomic mass is 35.5. The number of nitrogens with zero attached hydrogens (tertiary/aromatic N) is 1. The van der Waals surface area contributed by atoms with Crippen LogP contribution in [-0.2, 0) is 0 Å².